The van der Waals surface area contributed by atoms with Crippen molar-refractivity contribution in [2.75, 3.05) is 13.2 Å². The molecule has 246 valence electrons. The topological polar surface area (TPSA) is 104 Å². The van der Waals surface area contributed by atoms with E-state index in [0.717, 1.165) is 25.7 Å². The molecule has 0 spiro atoms. The van der Waals surface area contributed by atoms with E-state index in [9.17, 15) is 9.59 Å². The van der Waals surface area contributed by atoms with E-state index in [1.807, 2.05) is 0 Å². The molecule has 0 saturated carbocycles. The van der Waals surface area contributed by atoms with Gasteiger partial charge in [0.2, 0.25) is 0 Å². The molecule has 0 aromatic heterocycles. The zero-order valence-electron chi connectivity index (χ0n) is 27.4. The normalized spacial score (nSPS) is 11.6. The fourth-order valence-corrected chi connectivity index (χ4v) is 4.90. The van der Waals surface area contributed by atoms with E-state index >= 15 is 0 Å². The monoisotopic (exact) mass is 587 g/mol. The predicted octanol–water partition coefficient (Wildman–Crippen LogP) is 9.92. The molecule has 6 heteroatoms. The van der Waals surface area contributed by atoms with Gasteiger partial charge in [-0.05, 0) is 12.8 Å². The van der Waals surface area contributed by atoms with E-state index in [0.29, 0.717) is 12.8 Å². The van der Waals surface area contributed by atoms with Gasteiger partial charge in [-0.3, -0.25) is 9.59 Å². The number of aliphatic hydroxyl groups excluding tert-OH is 2. The fourth-order valence-electron chi connectivity index (χ4n) is 4.90. The number of carbonyl (C=O) groups excluding carboxylic acids is 1. The molecule has 1 atom stereocenters. The Bertz CT molecular complexity index is 525. The minimum Gasteiger partial charge on any atom is -0.481 e. The third kappa shape index (κ3) is 41.1. The van der Waals surface area contributed by atoms with Gasteiger partial charge in [-0.1, -0.05) is 168 Å². The number of carboxylic acids is 1. The summed E-state index contributed by atoms with van der Waals surface area (Å²) in [7, 11) is 0. The van der Waals surface area contributed by atoms with Crippen LogP contribution in [0.1, 0.15) is 194 Å². The van der Waals surface area contributed by atoms with Crippen LogP contribution < -0.4 is 0 Å². The van der Waals surface area contributed by atoms with Gasteiger partial charge < -0.3 is 20.1 Å². The Morgan fingerprint density at radius 3 is 1.10 bits per heavy atom. The second-order valence-corrected chi connectivity index (χ2v) is 11.9. The summed E-state index contributed by atoms with van der Waals surface area (Å²) in [4.78, 5) is 21.7. The minimum absolute atomic E-state index is 0.103. The van der Waals surface area contributed by atoms with E-state index in [1.54, 1.807) is 0 Å². The van der Waals surface area contributed by atoms with Crippen LogP contribution in [0.5, 0.6) is 0 Å². The van der Waals surface area contributed by atoms with E-state index in [1.165, 1.54) is 141 Å². The quantitative estimate of drug-likeness (QED) is 0.0551. The SMILES string of the molecule is CCCCCCCCCCCCCCCC(=O)O.CCCCCCCCCCCCCCCC(=O)OCC(O)CO. The van der Waals surface area contributed by atoms with Crippen LogP contribution in [0.3, 0.4) is 0 Å². The summed E-state index contributed by atoms with van der Waals surface area (Å²) < 4.78 is 4.85. The van der Waals surface area contributed by atoms with Gasteiger partial charge in [0, 0.05) is 12.8 Å². The maximum absolute atomic E-state index is 11.3. The second kappa shape index (κ2) is 36.9. The van der Waals surface area contributed by atoms with Gasteiger partial charge in [0.1, 0.15) is 12.7 Å². The van der Waals surface area contributed by atoms with Crippen LogP contribution in [-0.2, 0) is 14.3 Å². The molecule has 0 bridgehead atoms. The number of ether oxygens (including phenoxy) is 1. The molecule has 0 radical (unpaired) electrons. The molecule has 0 saturated heterocycles. The molecular weight excluding hydrogens is 516 g/mol. The van der Waals surface area contributed by atoms with Crippen LogP contribution in [0.25, 0.3) is 0 Å². The van der Waals surface area contributed by atoms with Crippen LogP contribution in [0.15, 0.2) is 0 Å². The van der Waals surface area contributed by atoms with Crippen LogP contribution in [0.4, 0.5) is 0 Å². The first-order valence-corrected chi connectivity index (χ1v) is 17.6. The zero-order valence-corrected chi connectivity index (χ0v) is 27.4. The highest BCUT2D eigenvalue weighted by molar-refractivity contribution is 5.69. The van der Waals surface area contributed by atoms with Crippen LogP contribution in [0, 0.1) is 0 Å². The third-order valence-corrected chi connectivity index (χ3v) is 7.63. The Hall–Kier alpha value is -1.14. The van der Waals surface area contributed by atoms with Crippen molar-refractivity contribution in [3.8, 4) is 0 Å². The van der Waals surface area contributed by atoms with Crippen molar-refractivity contribution in [3.05, 3.63) is 0 Å². The summed E-state index contributed by atoms with van der Waals surface area (Å²) in [5, 5.41) is 26.2. The predicted molar refractivity (Wildman–Crippen MR) is 172 cm³/mol. The Kier molecular flexibility index (Phi) is 37.8. The van der Waals surface area contributed by atoms with Crippen molar-refractivity contribution in [1.29, 1.82) is 0 Å². The molecule has 0 amide bonds. The number of unbranched alkanes of at least 4 members (excludes halogenated alkanes) is 24. The lowest BCUT2D eigenvalue weighted by molar-refractivity contribution is -0.147. The molecule has 0 aromatic carbocycles. The number of aliphatic carboxylic acids is 1. The number of esters is 1. The Morgan fingerprint density at radius 2 is 0.805 bits per heavy atom. The van der Waals surface area contributed by atoms with Gasteiger partial charge in [0.05, 0.1) is 6.61 Å². The highest BCUT2D eigenvalue weighted by Crippen LogP contribution is 2.14. The fraction of sp³-hybridized carbons (Fsp3) is 0.943. The maximum Gasteiger partial charge on any atom is 0.305 e. The largest absolute Gasteiger partial charge is 0.481 e. The lowest BCUT2D eigenvalue weighted by atomic mass is 10.0. The average Bonchev–Trinajstić information content (AvgIpc) is 2.96. The van der Waals surface area contributed by atoms with Gasteiger partial charge in [-0.25, -0.2) is 0 Å². The van der Waals surface area contributed by atoms with Crippen molar-refractivity contribution in [2.45, 2.75) is 200 Å². The molecular formula is C35H70O6. The van der Waals surface area contributed by atoms with Gasteiger partial charge in [0.25, 0.3) is 0 Å². The van der Waals surface area contributed by atoms with Gasteiger partial charge in [0.15, 0.2) is 0 Å². The Balaban J connectivity index is 0. The summed E-state index contributed by atoms with van der Waals surface area (Å²) >= 11 is 0. The number of hydrogen-bond acceptors (Lipinski definition) is 5. The zero-order chi connectivity index (χ0) is 30.7. The molecule has 0 heterocycles. The number of hydrogen-bond donors (Lipinski definition) is 3. The number of aliphatic hydroxyl groups is 2. The molecule has 3 N–H and O–H groups in total. The Morgan fingerprint density at radius 1 is 0.512 bits per heavy atom. The van der Waals surface area contributed by atoms with Gasteiger partial charge in [-0.2, -0.15) is 0 Å². The Labute approximate surface area is 254 Å². The standard InChI is InChI=1S/C19H38O4.C16H32O2/c1-2-3-4-5-6-7-8-9-10-11-12-13-14-15-19(22)23-17-18(21)16-20;1-2-3-4-5-6-7-8-9-10-11-12-13-14-15-16(17)18/h18,20-21H,2-17H2,1H3;2-15H2,1H3,(H,17,18). The number of carboxylic acid groups (broad SMARTS) is 1. The summed E-state index contributed by atoms with van der Waals surface area (Å²) in [5.74, 6) is -0.932. The average molecular weight is 587 g/mol. The van der Waals surface area contributed by atoms with E-state index in [2.05, 4.69) is 13.8 Å². The van der Waals surface area contributed by atoms with E-state index in [-0.39, 0.29) is 19.2 Å². The van der Waals surface area contributed by atoms with Crippen molar-refractivity contribution in [3.63, 3.8) is 0 Å². The summed E-state index contributed by atoms with van der Waals surface area (Å²) in [5.41, 5.74) is 0. The van der Waals surface area contributed by atoms with E-state index < -0.39 is 12.1 Å². The molecule has 0 fully saturated rings. The first-order chi connectivity index (χ1) is 20.0. The summed E-state index contributed by atoms with van der Waals surface area (Å²) in [6, 6.07) is 0. The van der Waals surface area contributed by atoms with Crippen molar-refractivity contribution in [2.24, 2.45) is 0 Å². The highest BCUT2D eigenvalue weighted by atomic mass is 16.5. The van der Waals surface area contributed by atoms with Crippen LogP contribution >= 0.6 is 0 Å². The van der Waals surface area contributed by atoms with Crippen LogP contribution in [0.2, 0.25) is 0 Å². The molecule has 0 aliphatic carbocycles. The molecule has 0 rings (SSSR count). The van der Waals surface area contributed by atoms with E-state index in [4.69, 9.17) is 20.1 Å². The first-order valence-electron chi connectivity index (χ1n) is 17.6. The summed E-state index contributed by atoms with van der Waals surface area (Å²) in [6.45, 7) is 4.04. The van der Waals surface area contributed by atoms with Crippen molar-refractivity contribution >= 4 is 11.9 Å². The number of carbonyl (C=O) groups is 2. The second-order valence-electron chi connectivity index (χ2n) is 11.9. The molecule has 0 aromatic rings. The summed E-state index contributed by atoms with van der Waals surface area (Å²) in [6.07, 6.45) is 33.4. The number of rotatable bonds is 31. The van der Waals surface area contributed by atoms with Gasteiger partial charge in [-0.15, -0.1) is 0 Å². The lowest BCUT2D eigenvalue weighted by Gasteiger charge is -2.08. The molecule has 41 heavy (non-hydrogen) atoms. The van der Waals surface area contributed by atoms with Crippen LogP contribution in [-0.4, -0.2) is 46.6 Å². The molecule has 6 nitrogen and oxygen atoms in total. The minimum atomic E-state index is -0.953. The van der Waals surface area contributed by atoms with Crippen molar-refractivity contribution < 1.29 is 29.6 Å². The van der Waals surface area contributed by atoms with Gasteiger partial charge >= 0.3 is 11.9 Å². The third-order valence-electron chi connectivity index (χ3n) is 7.63. The molecule has 0 aliphatic heterocycles. The smallest absolute Gasteiger partial charge is 0.305 e. The molecule has 1 unspecified atom stereocenters. The lowest BCUT2D eigenvalue weighted by Crippen LogP contribution is -2.21. The molecule has 0 aliphatic rings. The first kappa shape index (κ1) is 42.0. The highest BCUT2D eigenvalue weighted by Gasteiger charge is 2.07. The van der Waals surface area contributed by atoms with Crippen molar-refractivity contribution in [1.82, 2.24) is 0 Å². The maximum atomic E-state index is 11.3.